The summed E-state index contributed by atoms with van der Waals surface area (Å²) in [5.41, 5.74) is 0.0697. The number of benzene rings is 1. The number of hydrogen-bond acceptors (Lipinski definition) is 6. The van der Waals surface area contributed by atoms with Crippen molar-refractivity contribution in [1.29, 1.82) is 0 Å². The van der Waals surface area contributed by atoms with E-state index in [0.717, 1.165) is 35.6 Å². The van der Waals surface area contributed by atoms with Gasteiger partial charge in [-0.2, -0.15) is 13.2 Å². The van der Waals surface area contributed by atoms with Crippen LogP contribution in [0.15, 0.2) is 59.6 Å². The van der Waals surface area contributed by atoms with Crippen LogP contribution in [0.2, 0.25) is 0 Å². The van der Waals surface area contributed by atoms with E-state index < -0.39 is 11.7 Å². The van der Waals surface area contributed by atoms with Gasteiger partial charge in [-0.25, -0.2) is 4.98 Å². The maximum Gasteiger partial charge on any atom is 0.417 e. The van der Waals surface area contributed by atoms with Crippen molar-refractivity contribution in [2.75, 3.05) is 31.1 Å². The monoisotopic (exact) mass is 545 g/mol. The minimum absolute atomic E-state index is 0.0334. The van der Waals surface area contributed by atoms with Crippen LogP contribution in [0.4, 0.5) is 19.0 Å². The second-order valence-electron chi connectivity index (χ2n) is 9.70. The number of carbonyl (C=O) groups excluding carboxylic acids is 2. The van der Waals surface area contributed by atoms with E-state index in [1.807, 2.05) is 40.1 Å². The molecule has 2 amide bonds. The molecule has 7 nitrogen and oxygen atoms in total. The number of carbonyl (C=O) groups is 2. The van der Waals surface area contributed by atoms with Crippen molar-refractivity contribution in [3.63, 3.8) is 0 Å². The number of hydrogen-bond donors (Lipinski definition) is 2. The van der Waals surface area contributed by atoms with Crippen molar-refractivity contribution >= 4 is 29.4 Å². The number of piperazine rings is 1. The zero-order valence-electron chi connectivity index (χ0n) is 20.8. The van der Waals surface area contributed by atoms with Gasteiger partial charge in [0.2, 0.25) is 11.8 Å². The summed E-state index contributed by atoms with van der Waals surface area (Å²) in [5.74, 6) is 0.302. The van der Waals surface area contributed by atoms with E-state index in [-0.39, 0.29) is 29.3 Å². The fraction of sp³-hybridized carbons (Fsp3) is 0.444. The molecule has 5 rings (SSSR count). The number of thioether (sulfide) groups is 1. The van der Waals surface area contributed by atoms with E-state index in [1.54, 1.807) is 11.8 Å². The highest BCUT2D eigenvalue weighted by Gasteiger charge is 2.42. The van der Waals surface area contributed by atoms with Gasteiger partial charge >= 0.3 is 6.18 Å². The number of amides is 2. The Kier molecular flexibility index (Phi) is 7.94. The Morgan fingerprint density at radius 3 is 2.53 bits per heavy atom. The van der Waals surface area contributed by atoms with Crippen LogP contribution in [-0.4, -0.2) is 59.4 Å². The lowest BCUT2D eigenvalue weighted by molar-refractivity contribution is -0.138. The normalized spacial score (nSPS) is 23.6. The Bertz CT molecular complexity index is 1170. The number of anilines is 1. The molecule has 2 N–H and O–H groups in total. The minimum atomic E-state index is -4.42. The number of fused-ring (bicyclic) bond motifs is 1. The molecule has 3 atom stereocenters. The molecule has 3 unspecified atom stereocenters. The third kappa shape index (κ3) is 6.15. The van der Waals surface area contributed by atoms with E-state index in [4.69, 9.17) is 0 Å². The summed E-state index contributed by atoms with van der Waals surface area (Å²) in [6.45, 7) is 1.98. The van der Waals surface area contributed by atoms with Crippen LogP contribution >= 0.6 is 11.8 Å². The maximum atomic E-state index is 13.5. The number of rotatable bonds is 6. The van der Waals surface area contributed by atoms with Gasteiger partial charge in [0.05, 0.1) is 17.5 Å². The van der Waals surface area contributed by atoms with Crippen molar-refractivity contribution < 1.29 is 22.8 Å². The molecule has 2 aliphatic heterocycles. The van der Waals surface area contributed by atoms with E-state index in [9.17, 15) is 22.8 Å². The first-order valence-corrected chi connectivity index (χ1v) is 13.7. The molecular weight excluding hydrogens is 515 g/mol. The maximum absolute atomic E-state index is 13.5. The average Bonchev–Trinajstić information content (AvgIpc) is 3.34. The largest absolute Gasteiger partial charge is 0.417 e. The fourth-order valence-corrected chi connectivity index (χ4v) is 6.41. The Morgan fingerprint density at radius 2 is 1.84 bits per heavy atom. The van der Waals surface area contributed by atoms with E-state index in [2.05, 4.69) is 21.7 Å². The summed E-state index contributed by atoms with van der Waals surface area (Å²) in [6.07, 6.45) is 1.19. The number of alkyl halides is 3. The van der Waals surface area contributed by atoms with Gasteiger partial charge < -0.3 is 15.1 Å². The van der Waals surface area contributed by atoms with Crippen LogP contribution in [0.25, 0.3) is 0 Å². The lowest BCUT2D eigenvalue weighted by atomic mass is 9.88. The molecule has 0 saturated carbocycles. The van der Waals surface area contributed by atoms with Crippen LogP contribution in [0.3, 0.4) is 0 Å². The van der Waals surface area contributed by atoms with Crippen molar-refractivity contribution in [2.45, 2.75) is 43.4 Å². The molecule has 1 aromatic carbocycles. The zero-order chi connectivity index (χ0) is 26.7. The molecule has 0 bridgehead atoms. The lowest BCUT2D eigenvalue weighted by Crippen LogP contribution is -2.54. The smallest absolute Gasteiger partial charge is 0.353 e. The molecule has 38 heavy (non-hydrogen) atoms. The second-order valence-corrected chi connectivity index (χ2v) is 10.9. The molecule has 11 heteroatoms. The van der Waals surface area contributed by atoms with Gasteiger partial charge in [-0.1, -0.05) is 48.2 Å². The molecule has 2 aromatic rings. The van der Waals surface area contributed by atoms with Crippen LogP contribution in [-0.2, 0) is 22.2 Å². The van der Waals surface area contributed by atoms with Crippen LogP contribution in [0.5, 0.6) is 0 Å². The molecule has 202 valence electrons. The Balaban J connectivity index is 1.12. The van der Waals surface area contributed by atoms with Gasteiger partial charge in [0.25, 0.3) is 0 Å². The highest BCUT2D eigenvalue weighted by molar-refractivity contribution is 8.04. The van der Waals surface area contributed by atoms with Crippen LogP contribution < -0.4 is 15.5 Å². The van der Waals surface area contributed by atoms with Gasteiger partial charge in [0.1, 0.15) is 11.3 Å². The van der Waals surface area contributed by atoms with Gasteiger partial charge in [0.15, 0.2) is 0 Å². The first-order chi connectivity index (χ1) is 18.3. The highest BCUT2D eigenvalue weighted by Crippen LogP contribution is 2.40. The van der Waals surface area contributed by atoms with Gasteiger partial charge in [-0.3, -0.25) is 14.9 Å². The number of pyridine rings is 1. The molecular formula is C27H30F3N5O2S. The highest BCUT2D eigenvalue weighted by atomic mass is 32.2. The Hall–Kier alpha value is -3.05. The van der Waals surface area contributed by atoms with Crippen molar-refractivity contribution in [1.82, 2.24) is 20.5 Å². The van der Waals surface area contributed by atoms with E-state index >= 15 is 0 Å². The third-order valence-corrected chi connectivity index (χ3v) is 8.38. The molecule has 2 fully saturated rings. The summed E-state index contributed by atoms with van der Waals surface area (Å²) in [7, 11) is 0. The molecule has 2 saturated heterocycles. The van der Waals surface area contributed by atoms with Crippen molar-refractivity contribution in [2.24, 2.45) is 5.92 Å². The molecule has 0 spiro atoms. The number of nitrogens with zero attached hydrogens (tertiary/aromatic N) is 3. The van der Waals surface area contributed by atoms with Crippen molar-refractivity contribution in [3.05, 3.63) is 70.8 Å². The zero-order valence-corrected chi connectivity index (χ0v) is 21.6. The number of halogens is 3. The number of allylic oxidation sites excluding steroid dienone is 1. The predicted octanol–water partition coefficient (Wildman–Crippen LogP) is 3.78. The predicted molar refractivity (Wildman–Crippen MR) is 140 cm³/mol. The van der Waals surface area contributed by atoms with Gasteiger partial charge in [0, 0.05) is 43.7 Å². The summed E-state index contributed by atoms with van der Waals surface area (Å²) in [6, 6.07) is 12.2. The number of nitrogens with one attached hydrogen (secondary N) is 2. The van der Waals surface area contributed by atoms with E-state index in [1.165, 1.54) is 6.07 Å². The SMILES string of the molecule is O=C(CCc1ccccc1)NC1NC2C(=CCCC2C(=O)N2CCN(c3ccc(C(F)(F)F)cn3)CC2)S1. The molecule has 3 aliphatic rings. The summed E-state index contributed by atoms with van der Waals surface area (Å²) in [5, 5.41) is 6.49. The first kappa shape index (κ1) is 26.6. The third-order valence-electron chi connectivity index (χ3n) is 7.20. The molecule has 0 radical (unpaired) electrons. The standard InChI is InChI=1S/C27H30F3N5O2S/c28-27(29,30)19-10-11-22(31-17-19)34-13-15-35(16-14-34)25(37)20-7-4-8-21-24(20)33-26(38-21)32-23(36)12-9-18-5-2-1-3-6-18/h1-3,5-6,8,10-11,17,20,24,26,33H,4,7,9,12-16H2,(H,32,36). The fourth-order valence-electron chi connectivity index (χ4n) is 5.14. The second kappa shape index (κ2) is 11.4. The first-order valence-electron chi connectivity index (χ1n) is 12.8. The van der Waals surface area contributed by atoms with Gasteiger partial charge in [-0.05, 0) is 37.0 Å². The van der Waals surface area contributed by atoms with Gasteiger partial charge in [-0.15, -0.1) is 0 Å². The quantitative estimate of drug-likeness (QED) is 0.576. The van der Waals surface area contributed by atoms with Crippen LogP contribution in [0.1, 0.15) is 30.4 Å². The molecule has 1 aromatic heterocycles. The lowest BCUT2D eigenvalue weighted by Gasteiger charge is -2.38. The van der Waals surface area contributed by atoms with Crippen LogP contribution in [0, 0.1) is 5.92 Å². The summed E-state index contributed by atoms with van der Waals surface area (Å²) in [4.78, 5) is 34.8. The number of aryl methyl sites for hydroxylation is 1. The Morgan fingerprint density at radius 1 is 1.08 bits per heavy atom. The van der Waals surface area contributed by atoms with Crippen molar-refractivity contribution in [3.8, 4) is 0 Å². The topological polar surface area (TPSA) is 77.6 Å². The average molecular weight is 546 g/mol. The number of aromatic nitrogens is 1. The van der Waals surface area contributed by atoms with E-state index in [0.29, 0.717) is 44.8 Å². The Labute approximate surface area is 223 Å². The summed E-state index contributed by atoms with van der Waals surface area (Å²) >= 11 is 1.56. The molecule has 3 heterocycles. The molecule has 1 aliphatic carbocycles. The minimum Gasteiger partial charge on any atom is -0.353 e. The summed E-state index contributed by atoms with van der Waals surface area (Å²) < 4.78 is 38.5.